The van der Waals surface area contributed by atoms with E-state index in [-0.39, 0.29) is 0 Å². The van der Waals surface area contributed by atoms with Crippen LogP contribution >= 0.6 is 11.8 Å². The van der Waals surface area contributed by atoms with Crippen molar-refractivity contribution in [3.63, 3.8) is 0 Å². The number of rotatable bonds is 15. The van der Waals surface area contributed by atoms with Gasteiger partial charge in [-0.3, -0.25) is 0 Å². The Morgan fingerprint density at radius 3 is 2.04 bits per heavy atom. The molecule has 0 saturated carbocycles. The lowest BCUT2D eigenvalue weighted by Crippen LogP contribution is -2.16. The van der Waals surface area contributed by atoms with E-state index in [1.54, 1.807) is 18.9 Å². The molecule has 0 aliphatic heterocycles. The molecule has 1 N–H and O–H groups in total. The van der Waals surface area contributed by atoms with Gasteiger partial charge >= 0.3 is 0 Å². The largest absolute Gasteiger partial charge is 0.382 e. The minimum Gasteiger partial charge on any atom is -0.382 e. The fraction of sp³-hybridized carbons (Fsp3) is 0.778. The Bertz CT molecular complexity index is 504. The highest BCUT2D eigenvalue weighted by Gasteiger charge is 2.15. The van der Waals surface area contributed by atoms with E-state index in [2.05, 4.69) is 29.1 Å². The minimum absolute atomic E-state index is 0.362. The summed E-state index contributed by atoms with van der Waals surface area (Å²) < 4.78 is 21.2. The number of anilines is 1. The van der Waals surface area contributed by atoms with Crippen LogP contribution < -0.4 is 5.32 Å². The van der Waals surface area contributed by atoms with Crippen molar-refractivity contribution >= 4 is 17.6 Å². The third-order valence-electron chi connectivity index (χ3n) is 3.51. The summed E-state index contributed by atoms with van der Waals surface area (Å²) in [6.07, 6.45) is 2.04. The molecule has 0 unspecified atom stereocenters. The average Bonchev–Trinajstić information content (AvgIpc) is 2.61. The maximum Gasteiger partial charge on any atom is 0.134 e. The van der Waals surface area contributed by atoms with E-state index in [9.17, 15) is 0 Å². The summed E-state index contributed by atoms with van der Waals surface area (Å²) in [5.74, 6) is 2.05. The summed E-state index contributed by atoms with van der Waals surface area (Å²) in [7, 11) is 1.66. The zero-order valence-electron chi connectivity index (χ0n) is 16.7. The summed E-state index contributed by atoms with van der Waals surface area (Å²) in [6, 6.07) is 0. The van der Waals surface area contributed by atoms with Crippen LogP contribution in [-0.2, 0) is 18.9 Å². The van der Waals surface area contributed by atoms with Gasteiger partial charge in [-0.05, 0) is 19.1 Å². The van der Waals surface area contributed by atoms with Crippen molar-refractivity contribution in [2.24, 2.45) is 0 Å². The maximum atomic E-state index is 5.59. The van der Waals surface area contributed by atoms with Crippen LogP contribution in [0.5, 0.6) is 0 Å². The highest BCUT2D eigenvalue weighted by molar-refractivity contribution is 7.98. The van der Waals surface area contributed by atoms with E-state index in [1.807, 2.05) is 13.2 Å². The predicted octanol–water partition coefficient (Wildman–Crippen LogP) is 2.74. The molecule has 26 heavy (non-hydrogen) atoms. The van der Waals surface area contributed by atoms with Crippen molar-refractivity contribution in [1.82, 2.24) is 9.97 Å². The third-order valence-corrected chi connectivity index (χ3v) is 4.21. The molecule has 0 bridgehead atoms. The van der Waals surface area contributed by atoms with Gasteiger partial charge in [0.05, 0.1) is 46.2 Å². The van der Waals surface area contributed by atoms with Crippen molar-refractivity contribution in [2.45, 2.75) is 31.7 Å². The molecule has 1 heterocycles. The van der Waals surface area contributed by atoms with Gasteiger partial charge in [-0.25, -0.2) is 9.97 Å². The smallest absolute Gasteiger partial charge is 0.134 e. The van der Waals surface area contributed by atoms with Gasteiger partial charge in [0.25, 0.3) is 0 Å². The fourth-order valence-electron chi connectivity index (χ4n) is 2.29. The Morgan fingerprint density at radius 1 is 0.923 bits per heavy atom. The minimum atomic E-state index is 0.362. The van der Waals surface area contributed by atoms with Crippen molar-refractivity contribution in [2.75, 3.05) is 71.5 Å². The van der Waals surface area contributed by atoms with Crippen LogP contribution in [0.1, 0.15) is 31.2 Å². The molecule has 0 saturated heterocycles. The fourth-order valence-corrected chi connectivity index (χ4v) is 3.07. The maximum absolute atomic E-state index is 5.59. The number of thioether (sulfide) groups is 1. The van der Waals surface area contributed by atoms with Crippen molar-refractivity contribution in [3.05, 3.63) is 11.4 Å². The molecule has 0 radical (unpaired) electrons. The van der Waals surface area contributed by atoms with Crippen LogP contribution in [-0.4, -0.2) is 76.1 Å². The molecule has 8 heteroatoms. The zero-order chi connectivity index (χ0) is 19.2. The quantitative estimate of drug-likeness (QED) is 0.280. The van der Waals surface area contributed by atoms with Gasteiger partial charge in [0.15, 0.2) is 0 Å². The number of nitrogens with zero attached hydrogens (tertiary/aromatic N) is 2. The van der Waals surface area contributed by atoms with Gasteiger partial charge in [-0.2, -0.15) is 0 Å². The highest BCUT2D eigenvalue weighted by atomic mass is 32.2. The SMILES string of the molecule is COCCOCCOCCOCCNc1nc(C)nc(SC)c1C(C)C. The summed E-state index contributed by atoms with van der Waals surface area (Å²) in [5, 5.41) is 4.42. The lowest BCUT2D eigenvalue weighted by atomic mass is 10.1. The molecular formula is C18H33N3O4S. The molecular weight excluding hydrogens is 354 g/mol. The van der Waals surface area contributed by atoms with Gasteiger partial charge < -0.3 is 24.3 Å². The Morgan fingerprint density at radius 2 is 1.50 bits per heavy atom. The van der Waals surface area contributed by atoms with Crippen LogP contribution in [0, 0.1) is 6.92 Å². The predicted molar refractivity (Wildman–Crippen MR) is 105 cm³/mol. The number of methoxy groups -OCH3 is 1. The highest BCUT2D eigenvalue weighted by Crippen LogP contribution is 2.30. The molecule has 0 amide bonds. The van der Waals surface area contributed by atoms with Gasteiger partial charge in [0.1, 0.15) is 16.7 Å². The monoisotopic (exact) mass is 387 g/mol. The molecule has 1 aromatic rings. The number of aromatic nitrogens is 2. The standard InChI is InChI=1S/C18H33N3O4S/c1-14(2)16-17(20-15(3)21-18(16)26-5)19-6-7-23-10-11-25-13-12-24-9-8-22-4/h14H,6-13H2,1-5H3,(H,19,20,21). The molecule has 1 rings (SSSR count). The van der Waals surface area contributed by atoms with E-state index in [0.717, 1.165) is 16.7 Å². The third kappa shape index (κ3) is 9.14. The Balaban J connectivity index is 2.19. The zero-order valence-corrected chi connectivity index (χ0v) is 17.5. The Labute approximate surface area is 161 Å². The number of ether oxygens (including phenoxy) is 4. The first-order chi connectivity index (χ1) is 12.6. The molecule has 150 valence electrons. The molecule has 0 aliphatic carbocycles. The molecule has 7 nitrogen and oxygen atoms in total. The number of nitrogens with one attached hydrogen (secondary N) is 1. The first kappa shape index (κ1) is 23.1. The molecule has 0 spiro atoms. The second-order valence-corrected chi connectivity index (χ2v) is 6.75. The molecule has 1 aromatic heterocycles. The number of hydrogen-bond donors (Lipinski definition) is 1. The van der Waals surface area contributed by atoms with Gasteiger partial charge in [-0.15, -0.1) is 11.8 Å². The van der Waals surface area contributed by atoms with Crippen molar-refractivity contribution < 1.29 is 18.9 Å². The lowest BCUT2D eigenvalue weighted by molar-refractivity contribution is 0.00495. The molecule has 0 fully saturated rings. The van der Waals surface area contributed by atoms with Gasteiger partial charge in [0.2, 0.25) is 0 Å². The summed E-state index contributed by atoms with van der Waals surface area (Å²) >= 11 is 1.66. The van der Waals surface area contributed by atoms with E-state index in [0.29, 0.717) is 58.7 Å². The van der Waals surface area contributed by atoms with Crippen LogP contribution in [0.15, 0.2) is 5.03 Å². The lowest BCUT2D eigenvalue weighted by Gasteiger charge is -2.17. The Hall–Kier alpha value is -0.930. The van der Waals surface area contributed by atoms with E-state index in [4.69, 9.17) is 18.9 Å². The normalized spacial score (nSPS) is 11.3. The van der Waals surface area contributed by atoms with Crippen LogP contribution in [0.3, 0.4) is 0 Å². The summed E-state index contributed by atoms with van der Waals surface area (Å²) in [4.78, 5) is 9.08. The second-order valence-electron chi connectivity index (χ2n) is 5.95. The van der Waals surface area contributed by atoms with Crippen LogP contribution in [0.25, 0.3) is 0 Å². The van der Waals surface area contributed by atoms with E-state index >= 15 is 0 Å². The molecule has 0 aromatic carbocycles. The topological polar surface area (TPSA) is 74.7 Å². The summed E-state index contributed by atoms with van der Waals surface area (Å²) in [6.45, 7) is 11.0. The molecule has 0 atom stereocenters. The van der Waals surface area contributed by atoms with Crippen LogP contribution in [0.2, 0.25) is 0 Å². The first-order valence-corrected chi connectivity index (χ1v) is 10.2. The second kappa shape index (κ2) is 14.2. The van der Waals surface area contributed by atoms with Crippen LogP contribution in [0.4, 0.5) is 5.82 Å². The van der Waals surface area contributed by atoms with E-state index < -0.39 is 0 Å². The molecule has 0 aliphatic rings. The number of hydrogen-bond acceptors (Lipinski definition) is 8. The van der Waals surface area contributed by atoms with Gasteiger partial charge in [-0.1, -0.05) is 13.8 Å². The Kier molecular flexibility index (Phi) is 12.6. The first-order valence-electron chi connectivity index (χ1n) is 8.98. The van der Waals surface area contributed by atoms with E-state index in [1.165, 1.54) is 5.56 Å². The average molecular weight is 388 g/mol. The summed E-state index contributed by atoms with van der Waals surface area (Å²) in [5.41, 5.74) is 1.17. The van der Waals surface area contributed by atoms with Crippen molar-refractivity contribution in [1.29, 1.82) is 0 Å². The van der Waals surface area contributed by atoms with Crippen molar-refractivity contribution in [3.8, 4) is 0 Å². The number of aryl methyl sites for hydroxylation is 1. The van der Waals surface area contributed by atoms with Gasteiger partial charge in [0, 0.05) is 19.2 Å².